The van der Waals surface area contributed by atoms with Gasteiger partial charge in [-0.25, -0.2) is 10.5 Å². The molecule has 1 amide bonds. The molecular formula is C20H19N3O3. The summed E-state index contributed by atoms with van der Waals surface area (Å²) >= 11 is 0. The van der Waals surface area contributed by atoms with E-state index in [0.717, 1.165) is 11.1 Å². The van der Waals surface area contributed by atoms with Crippen molar-refractivity contribution in [2.75, 3.05) is 0 Å². The van der Waals surface area contributed by atoms with E-state index < -0.39 is 11.9 Å². The molecular weight excluding hydrogens is 330 g/mol. The zero-order chi connectivity index (χ0) is 18.5. The number of benzene rings is 2. The summed E-state index contributed by atoms with van der Waals surface area (Å²) in [5.74, 6) is -0.664. The average Bonchev–Trinajstić information content (AvgIpc) is 2.69. The van der Waals surface area contributed by atoms with Crippen molar-refractivity contribution in [2.45, 2.75) is 19.4 Å². The first-order valence-electron chi connectivity index (χ1n) is 8.25. The number of aromatic nitrogens is 2. The van der Waals surface area contributed by atoms with Gasteiger partial charge in [0.15, 0.2) is 0 Å². The molecule has 0 radical (unpaired) electrons. The van der Waals surface area contributed by atoms with Crippen LogP contribution in [0.5, 0.6) is 0 Å². The lowest BCUT2D eigenvalue weighted by Crippen LogP contribution is -2.36. The standard InChI is InChI=1S/C20H19N3O3/c1-14(19(24)22-26)23-13-18(16-10-6-3-7-11-16)21-17(20(23)25)12-15-8-4-2-5-9-15/h2-11,13-14,26H,12H2,1H3,(H,22,24). The van der Waals surface area contributed by atoms with Crippen LogP contribution in [0.25, 0.3) is 11.3 Å². The summed E-state index contributed by atoms with van der Waals surface area (Å²) in [5.41, 5.74) is 3.97. The van der Waals surface area contributed by atoms with Crippen molar-refractivity contribution in [2.24, 2.45) is 0 Å². The average molecular weight is 349 g/mol. The molecule has 0 saturated heterocycles. The quantitative estimate of drug-likeness (QED) is 0.548. The van der Waals surface area contributed by atoms with Crippen molar-refractivity contribution in [3.63, 3.8) is 0 Å². The van der Waals surface area contributed by atoms with Crippen LogP contribution in [0.4, 0.5) is 0 Å². The number of nitrogens with one attached hydrogen (secondary N) is 1. The van der Waals surface area contributed by atoms with Crippen LogP contribution in [0.2, 0.25) is 0 Å². The number of hydrogen-bond acceptors (Lipinski definition) is 4. The largest absolute Gasteiger partial charge is 0.299 e. The Morgan fingerprint density at radius 3 is 2.35 bits per heavy atom. The van der Waals surface area contributed by atoms with Crippen LogP contribution < -0.4 is 11.0 Å². The van der Waals surface area contributed by atoms with Crippen LogP contribution in [-0.4, -0.2) is 20.7 Å². The highest BCUT2D eigenvalue weighted by atomic mass is 16.5. The van der Waals surface area contributed by atoms with Crippen LogP contribution in [0, 0.1) is 0 Å². The molecule has 1 heterocycles. The molecule has 3 rings (SSSR count). The van der Waals surface area contributed by atoms with E-state index in [9.17, 15) is 9.59 Å². The molecule has 0 aliphatic carbocycles. The first-order chi connectivity index (χ1) is 12.6. The van der Waals surface area contributed by atoms with Gasteiger partial charge in [0.05, 0.1) is 5.69 Å². The highest BCUT2D eigenvalue weighted by Gasteiger charge is 2.19. The Hall–Kier alpha value is -3.25. The van der Waals surface area contributed by atoms with E-state index in [-0.39, 0.29) is 5.56 Å². The Kier molecular flexibility index (Phi) is 5.24. The van der Waals surface area contributed by atoms with E-state index in [1.807, 2.05) is 60.7 Å². The molecule has 0 saturated carbocycles. The van der Waals surface area contributed by atoms with E-state index in [4.69, 9.17) is 5.21 Å². The Morgan fingerprint density at radius 1 is 1.12 bits per heavy atom. The lowest BCUT2D eigenvalue weighted by Gasteiger charge is -2.16. The maximum Gasteiger partial charge on any atom is 0.273 e. The summed E-state index contributed by atoms with van der Waals surface area (Å²) in [6, 6.07) is 18.1. The second kappa shape index (κ2) is 7.76. The fourth-order valence-corrected chi connectivity index (χ4v) is 2.72. The third-order valence-corrected chi connectivity index (χ3v) is 4.19. The lowest BCUT2D eigenvalue weighted by molar-refractivity contribution is -0.132. The van der Waals surface area contributed by atoms with Crippen LogP contribution in [0.3, 0.4) is 0 Å². The molecule has 0 bridgehead atoms. The maximum atomic E-state index is 12.9. The minimum absolute atomic E-state index is 0.343. The Morgan fingerprint density at radius 2 is 1.73 bits per heavy atom. The maximum absolute atomic E-state index is 12.9. The van der Waals surface area contributed by atoms with Crippen molar-refractivity contribution in [1.29, 1.82) is 0 Å². The van der Waals surface area contributed by atoms with Crippen LogP contribution in [0.1, 0.15) is 24.2 Å². The topological polar surface area (TPSA) is 84.2 Å². The summed E-state index contributed by atoms with van der Waals surface area (Å²) in [6.45, 7) is 1.55. The third kappa shape index (κ3) is 3.70. The second-order valence-electron chi connectivity index (χ2n) is 5.97. The summed E-state index contributed by atoms with van der Waals surface area (Å²) in [6.07, 6.45) is 1.90. The highest BCUT2D eigenvalue weighted by Crippen LogP contribution is 2.18. The number of rotatable bonds is 5. The third-order valence-electron chi connectivity index (χ3n) is 4.19. The fourth-order valence-electron chi connectivity index (χ4n) is 2.72. The van der Waals surface area contributed by atoms with Crippen molar-refractivity contribution >= 4 is 5.91 Å². The van der Waals surface area contributed by atoms with Gasteiger partial charge in [-0.05, 0) is 12.5 Å². The molecule has 0 aliphatic heterocycles. The van der Waals surface area contributed by atoms with Gasteiger partial charge in [0.1, 0.15) is 11.7 Å². The van der Waals surface area contributed by atoms with E-state index in [0.29, 0.717) is 17.8 Å². The number of carbonyl (C=O) groups excluding carboxylic acids is 1. The summed E-state index contributed by atoms with van der Waals surface area (Å²) in [7, 11) is 0. The normalized spacial score (nSPS) is 11.8. The number of hydrogen-bond donors (Lipinski definition) is 2. The molecule has 3 aromatic rings. The number of nitrogens with zero attached hydrogens (tertiary/aromatic N) is 2. The van der Waals surface area contributed by atoms with Crippen LogP contribution in [0.15, 0.2) is 71.7 Å². The van der Waals surface area contributed by atoms with Crippen molar-refractivity contribution < 1.29 is 10.0 Å². The van der Waals surface area contributed by atoms with Crippen molar-refractivity contribution in [1.82, 2.24) is 15.0 Å². The lowest BCUT2D eigenvalue weighted by atomic mass is 10.1. The molecule has 0 fully saturated rings. The Bertz CT molecular complexity index is 953. The molecule has 2 N–H and O–H groups in total. The van der Waals surface area contributed by atoms with Crippen molar-refractivity contribution in [3.8, 4) is 11.3 Å². The van der Waals surface area contributed by atoms with Gasteiger partial charge in [-0.3, -0.25) is 19.4 Å². The van der Waals surface area contributed by atoms with Gasteiger partial charge in [0.2, 0.25) is 0 Å². The first-order valence-corrected chi connectivity index (χ1v) is 8.25. The predicted octanol–water partition coefficient (Wildman–Crippen LogP) is 2.57. The number of hydroxylamine groups is 1. The van der Waals surface area contributed by atoms with Gasteiger partial charge in [-0.15, -0.1) is 0 Å². The smallest absolute Gasteiger partial charge is 0.273 e. The minimum atomic E-state index is -0.868. The molecule has 1 aromatic heterocycles. The SMILES string of the molecule is CC(C(=O)NO)n1cc(-c2ccccc2)nc(Cc2ccccc2)c1=O. The molecule has 6 nitrogen and oxygen atoms in total. The van der Waals surface area contributed by atoms with Gasteiger partial charge in [-0.2, -0.15) is 0 Å². The van der Waals surface area contributed by atoms with Gasteiger partial charge in [0.25, 0.3) is 11.5 Å². The van der Waals surface area contributed by atoms with E-state index in [2.05, 4.69) is 4.98 Å². The van der Waals surface area contributed by atoms with Gasteiger partial charge >= 0.3 is 0 Å². The summed E-state index contributed by atoms with van der Waals surface area (Å²) in [4.78, 5) is 29.2. The fraction of sp³-hybridized carbons (Fsp3) is 0.150. The molecule has 6 heteroatoms. The molecule has 1 unspecified atom stereocenters. The first kappa shape index (κ1) is 17.6. The molecule has 2 aromatic carbocycles. The summed E-state index contributed by atoms with van der Waals surface area (Å²) < 4.78 is 1.30. The zero-order valence-electron chi connectivity index (χ0n) is 14.3. The summed E-state index contributed by atoms with van der Waals surface area (Å²) in [5, 5.41) is 8.92. The number of amides is 1. The van der Waals surface area contributed by atoms with Gasteiger partial charge in [-0.1, -0.05) is 60.7 Å². The number of carbonyl (C=O) groups is 1. The minimum Gasteiger partial charge on any atom is -0.299 e. The van der Waals surface area contributed by atoms with E-state index in [1.54, 1.807) is 18.6 Å². The molecule has 26 heavy (non-hydrogen) atoms. The second-order valence-corrected chi connectivity index (χ2v) is 5.97. The van der Waals surface area contributed by atoms with Crippen LogP contribution in [-0.2, 0) is 11.2 Å². The molecule has 0 aliphatic rings. The Labute approximate surface area is 150 Å². The predicted molar refractivity (Wildman–Crippen MR) is 97.8 cm³/mol. The van der Waals surface area contributed by atoms with E-state index in [1.165, 1.54) is 4.57 Å². The molecule has 1 atom stereocenters. The van der Waals surface area contributed by atoms with Gasteiger partial charge < -0.3 is 0 Å². The van der Waals surface area contributed by atoms with Crippen LogP contribution >= 0.6 is 0 Å². The zero-order valence-corrected chi connectivity index (χ0v) is 14.3. The Balaban J connectivity index is 2.13. The highest BCUT2D eigenvalue weighted by molar-refractivity contribution is 5.78. The van der Waals surface area contributed by atoms with Crippen molar-refractivity contribution in [3.05, 3.63) is 88.5 Å². The van der Waals surface area contributed by atoms with E-state index >= 15 is 0 Å². The molecule has 0 spiro atoms. The van der Waals surface area contributed by atoms with Gasteiger partial charge in [0, 0.05) is 18.2 Å². The molecule has 132 valence electrons. The monoisotopic (exact) mass is 349 g/mol.